The van der Waals surface area contributed by atoms with Crippen LogP contribution in [0.3, 0.4) is 0 Å². The molecule has 0 bridgehead atoms. The molecule has 1 aromatic carbocycles. The molecule has 3 rings (SSSR count). The van der Waals surface area contributed by atoms with Crippen molar-refractivity contribution in [1.82, 2.24) is 15.6 Å². The van der Waals surface area contributed by atoms with Gasteiger partial charge in [0.25, 0.3) is 5.91 Å². The van der Waals surface area contributed by atoms with Gasteiger partial charge in [-0.1, -0.05) is 23.7 Å². The normalized spacial score (nSPS) is 18.1. The molecule has 1 atom stereocenters. The number of amides is 2. The van der Waals surface area contributed by atoms with Crippen molar-refractivity contribution in [1.29, 1.82) is 0 Å². The van der Waals surface area contributed by atoms with Crippen molar-refractivity contribution in [2.24, 2.45) is 0 Å². The predicted octanol–water partition coefficient (Wildman–Crippen LogP) is 2.86. The highest BCUT2D eigenvalue weighted by Crippen LogP contribution is 2.25. The van der Waals surface area contributed by atoms with Crippen LogP contribution in [0.25, 0.3) is 10.6 Å². The molecule has 23 heavy (non-hydrogen) atoms. The first-order chi connectivity index (χ1) is 11.1. The van der Waals surface area contributed by atoms with Crippen LogP contribution >= 0.6 is 22.9 Å². The molecule has 2 N–H and O–H groups in total. The van der Waals surface area contributed by atoms with E-state index in [0.717, 1.165) is 23.4 Å². The van der Waals surface area contributed by atoms with Gasteiger partial charge >= 0.3 is 0 Å². The Morgan fingerprint density at radius 1 is 1.30 bits per heavy atom. The van der Waals surface area contributed by atoms with Gasteiger partial charge in [0, 0.05) is 22.5 Å². The van der Waals surface area contributed by atoms with Gasteiger partial charge in [0.05, 0.1) is 0 Å². The third-order valence-corrected chi connectivity index (χ3v) is 4.81. The molecule has 2 amide bonds. The summed E-state index contributed by atoms with van der Waals surface area (Å²) in [5.41, 5.74) is 1.24. The Hall–Kier alpha value is -1.92. The van der Waals surface area contributed by atoms with Gasteiger partial charge in [-0.25, -0.2) is 4.98 Å². The average molecular weight is 350 g/mol. The first-order valence-electron chi connectivity index (χ1n) is 7.43. The monoisotopic (exact) mass is 349 g/mol. The minimum atomic E-state index is -0.481. The zero-order valence-electron chi connectivity index (χ0n) is 12.3. The topological polar surface area (TPSA) is 71.1 Å². The fourth-order valence-corrected chi connectivity index (χ4v) is 3.34. The summed E-state index contributed by atoms with van der Waals surface area (Å²) in [4.78, 5) is 28.5. The number of nitrogens with zero attached hydrogens (tertiary/aromatic N) is 1. The molecule has 1 fully saturated rings. The third-order valence-electron chi connectivity index (χ3n) is 3.67. The van der Waals surface area contributed by atoms with Crippen LogP contribution in [-0.2, 0) is 4.79 Å². The molecule has 120 valence electrons. The van der Waals surface area contributed by atoms with Crippen LogP contribution in [-0.4, -0.2) is 29.4 Å². The highest BCUT2D eigenvalue weighted by Gasteiger charge is 2.23. The minimum Gasteiger partial charge on any atom is -0.354 e. The fraction of sp³-hybridized carbons (Fsp3) is 0.312. The van der Waals surface area contributed by atoms with E-state index in [4.69, 9.17) is 11.6 Å². The Bertz CT molecular complexity index is 714. The van der Waals surface area contributed by atoms with Gasteiger partial charge in [0.1, 0.15) is 16.7 Å². The molecule has 1 saturated heterocycles. The molecular formula is C16H16ClN3O2S. The van der Waals surface area contributed by atoms with E-state index in [1.807, 2.05) is 12.1 Å². The smallest absolute Gasteiger partial charge is 0.271 e. The molecule has 5 nitrogen and oxygen atoms in total. The Labute approximate surface area is 143 Å². The molecule has 0 spiro atoms. The van der Waals surface area contributed by atoms with Crippen LogP contribution < -0.4 is 10.6 Å². The molecule has 2 heterocycles. The Kier molecular flexibility index (Phi) is 4.93. The molecule has 1 unspecified atom stereocenters. The molecule has 0 radical (unpaired) electrons. The Morgan fingerprint density at radius 2 is 2.09 bits per heavy atom. The lowest BCUT2D eigenvalue weighted by atomic mass is 10.1. The molecule has 1 aliphatic heterocycles. The number of halogens is 1. The second kappa shape index (κ2) is 7.10. The van der Waals surface area contributed by atoms with E-state index in [0.29, 0.717) is 23.7 Å². The van der Waals surface area contributed by atoms with Crippen molar-refractivity contribution in [3.05, 3.63) is 40.4 Å². The second-order valence-corrected chi connectivity index (χ2v) is 6.65. The van der Waals surface area contributed by atoms with E-state index < -0.39 is 6.04 Å². The number of thiazole rings is 1. The number of benzene rings is 1. The summed E-state index contributed by atoms with van der Waals surface area (Å²) in [6.45, 7) is 0.669. The van der Waals surface area contributed by atoms with Gasteiger partial charge in [0.15, 0.2) is 0 Å². The maximum absolute atomic E-state index is 12.3. The highest BCUT2D eigenvalue weighted by molar-refractivity contribution is 7.13. The van der Waals surface area contributed by atoms with E-state index in [2.05, 4.69) is 15.6 Å². The van der Waals surface area contributed by atoms with Crippen molar-refractivity contribution in [3.63, 3.8) is 0 Å². The van der Waals surface area contributed by atoms with Crippen molar-refractivity contribution < 1.29 is 9.59 Å². The van der Waals surface area contributed by atoms with Gasteiger partial charge in [-0.15, -0.1) is 11.3 Å². The summed E-state index contributed by atoms with van der Waals surface area (Å²) in [7, 11) is 0. The summed E-state index contributed by atoms with van der Waals surface area (Å²) in [6, 6.07) is 6.82. The summed E-state index contributed by atoms with van der Waals surface area (Å²) in [5, 5.41) is 8.68. The van der Waals surface area contributed by atoms with Crippen molar-refractivity contribution >= 4 is 34.8 Å². The molecule has 0 saturated carbocycles. The van der Waals surface area contributed by atoms with Crippen LogP contribution in [0.1, 0.15) is 29.8 Å². The van der Waals surface area contributed by atoms with Crippen molar-refractivity contribution in [2.75, 3.05) is 6.54 Å². The van der Waals surface area contributed by atoms with Crippen molar-refractivity contribution in [2.45, 2.75) is 25.3 Å². The zero-order chi connectivity index (χ0) is 16.2. The first-order valence-corrected chi connectivity index (χ1v) is 8.69. The molecule has 1 aromatic heterocycles. The molecule has 2 aromatic rings. The second-order valence-electron chi connectivity index (χ2n) is 5.36. The number of aromatic nitrogens is 1. The van der Waals surface area contributed by atoms with Crippen LogP contribution in [0.2, 0.25) is 5.02 Å². The number of rotatable bonds is 3. The highest BCUT2D eigenvalue weighted by atomic mass is 35.5. The van der Waals surface area contributed by atoms with Crippen LogP contribution in [0, 0.1) is 0 Å². The summed E-state index contributed by atoms with van der Waals surface area (Å²) in [6.07, 6.45) is 2.51. The first kappa shape index (κ1) is 16.0. The van der Waals surface area contributed by atoms with Gasteiger partial charge in [-0.3, -0.25) is 9.59 Å². The number of nitrogens with one attached hydrogen (secondary N) is 2. The Balaban J connectivity index is 1.70. The van der Waals surface area contributed by atoms with E-state index in [9.17, 15) is 9.59 Å². The maximum Gasteiger partial charge on any atom is 0.271 e. The summed E-state index contributed by atoms with van der Waals surface area (Å²) < 4.78 is 0. The zero-order valence-corrected chi connectivity index (χ0v) is 13.9. The molecule has 0 aliphatic carbocycles. The minimum absolute atomic E-state index is 0.121. The quantitative estimate of drug-likeness (QED) is 0.895. The van der Waals surface area contributed by atoms with Crippen LogP contribution in [0.15, 0.2) is 29.6 Å². The largest absolute Gasteiger partial charge is 0.354 e. The average Bonchev–Trinajstić information content (AvgIpc) is 2.95. The van der Waals surface area contributed by atoms with Gasteiger partial charge < -0.3 is 10.6 Å². The standard InChI is InChI=1S/C16H16ClN3O2S/c17-11-6-4-10(5-7-11)16-20-13(9-23-16)15(22)19-12-3-1-2-8-18-14(12)21/h4-7,9,12H,1-3,8H2,(H,18,21)(H,19,22). The van der Waals surface area contributed by atoms with Gasteiger partial charge in [0.2, 0.25) is 5.91 Å². The number of hydrogen-bond acceptors (Lipinski definition) is 4. The van der Waals surface area contributed by atoms with Crippen LogP contribution in [0.4, 0.5) is 0 Å². The lowest BCUT2D eigenvalue weighted by molar-refractivity contribution is -0.122. The van der Waals surface area contributed by atoms with E-state index in [-0.39, 0.29) is 11.8 Å². The lowest BCUT2D eigenvalue weighted by Crippen LogP contribution is -2.45. The number of carbonyl (C=O) groups is 2. The van der Waals surface area contributed by atoms with E-state index in [1.54, 1.807) is 17.5 Å². The summed E-state index contributed by atoms with van der Waals surface area (Å²) >= 11 is 7.26. The molecule has 7 heteroatoms. The van der Waals surface area contributed by atoms with Gasteiger partial charge in [-0.05, 0) is 31.4 Å². The Morgan fingerprint density at radius 3 is 2.87 bits per heavy atom. The maximum atomic E-state index is 12.3. The number of carbonyl (C=O) groups excluding carboxylic acids is 2. The van der Waals surface area contributed by atoms with E-state index >= 15 is 0 Å². The third kappa shape index (κ3) is 3.89. The predicted molar refractivity (Wildman–Crippen MR) is 90.7 cm³/mol. The SMILES string of the molecule is O=C(NC1CCCCNC1=O)c1csc(-c2ccc(Cl)cc2)n1. The number of hydrogen-bond donors (Lipinski definition) is 2. The molecule has 1 aliphatic rings. The summed E-state index contributed by atoms with van der Waals surface area (Å²) in [5.74, 6) is -0.437. The van der Waals surface area contributed by atoms with E-state index in [1.165, 1.54) is 11.3 Å². The molecular weight excluding hydrogens is 334 g/mol. The van der Waals surface area contributed by atoms with Crippen LogP contribution in [0.5, 0.6) is 0 Å². The fourth-order valence-electron chi connectivity index (χ4n) is 2.41. The van der Waals surface area contributed by atoms with Crippen molar-refractivity contribution in [3.8, 4) is 10.6 Å². The van der Waals surface area contributed by atoms with Gasteiger partial charge in [-0.2, -0.15) is 0 Å². The lowest BCUT2D eigenvalue weighted by Gasteiger charge is -2.14.